The van der Waals surface area contributed by atoms with Crippen molar-refractivity contribution in [1.29, 1.82) is 0 Å². The highest BCUT2D eigenvalue weighted by Gasteiger charge is 2.23. The number of carbonyl (C=O) groups excluding carboxylic acids is 1. The van der Waals surface area contributed by atoms with Gasteiger partial charge in [-0.1, -0.05) is 12.1 Å². The highest BCUT2D eigenvalue weighted by atomic mass is 16.5. The molecule has 5 nitrogen and oxygen atoms in total. The average Bonchev–Trinajstić information content (AvgIpc) is 2.87. The first-order valence-corrected chi connectivity index (χ1v) is 5.32. The number of carbonyl (C=O) groups is 1. The van der Waals surface area contributed by atoms with Crippen molar-refractivity contribution in [3.05, 3.63) is 11.7 Å². The lowest BCUT2D eigenvalue weighted by Gasteiger charge is -2.11. The van der Waals surface area contributed by atoms with Crippen LogP contribution in [0.4, 0.5) is 0 Å². The SMILES string of the molecule is CCN1CCC(Cc2nc(C=O)no2)C1. The van der Waals surface area contributed by atoms with Gasteiger partial charge in [-0.2, -0.15) is 4.98 Å². The predicted molar refractivity (Wildman–Crippen MR) is 53.6 cm³/mol. The van der Waals surface area contributed by atoms with Crippen LogP contribution in [0, 0.1) is 5.92 Å². The van der Waals surface area contributed by atoms with Gasteiger partial charge in [-0.3, -0.25) is 4.79 Å². The Labute approximate surface area is 88.5 Å². The van der Waals surface area contributed by atoms with Crippen molar-refractivity contribution in [3.8, 4) is 0 Å². The van der Waals surface area contributed by atoms with Crippen LogP contribution >= 0.6 is 0 Å². The predicted octanol–water partition coefficient (Wildman–Crippen LogP) is 0.766. The van der Waals surface area contributed by atoms with E-state index in [9.17, 15) is 4.79 Å². The normalized spacial score (nSPS) is 22.1. The molecule has 0 N–H and O–H groups in total. The third kappa shape index (κ3) is 2.41. The molecule has 0 radical (unpaired) electrons. The van der Waals surface area contributed by atoms with E-state index in [2.05, 4.69) is 22.0 Å². The zero-order valence-electron chi connectivity index (χ0n) is 8.85. The molecule has 15 heavy (non-hydrogen) atoms. The Morgan fingerprint density at radius 2 is 2.53 bits per heavy atom. The first-order valence-electron chi connectivity index (χ1n) is 5.32. The molecular formula is C10H15N3O2. The molecule has 2 rings (SSSR count). The Kier molecular flexibility index (Phi) is 3.11. The van der Waals surface area contributed by atoms with Crippen molar-refractivity contribution >= 4 is 6.29 Å². The second kappa shape index (κ2) is 4.53. The van der Waals surface area contributed by atoms with Gasteiger partial charge < -0.3 is 9.42 Å². The third-order valence-corrected chi connectivity index (χ3v) is 2.87. The lowest BCUT2D eigenvalue weighted by atomic mass is 10.1. The molecular weight excluding hydrogens is 194 g/mol. The monoisotopic (exact) mass is 209 g/mol. The van der Waals surface area contributed by atoms with E-state index < -0.39 is 0 Å². The molecule has 0 bridgehead atoms. The number of aromatic nitrogens is 2. The molecule has 0 aromatic carbocycles. The van der Waals surface area contributed by atoms with Crippen molar-refractivity contribution in [2.45, 2.75) is 19.8 Å². The fourth-order valence-corrected chi connectivity index (χ4v) is 2.01. The molecule has 2 heterocycles. The summed E-state index contributed by atoms with van der Waals surface area (Å²) in [6.07, 6.45) is 2.57. The lowest BCUT2D eigenvalue weighted by Crippen LogP contribution is -2.20. The molecule has 82 valence electrons. The molecule has 1 saturated heterocycles. The van der Waals surface area contributed by atoms with Gasteiger partial charge in [-0.05, 0) is 25.4 Å². The summed E-state index contributed by atoms with van der Waals surface area (Å²) in [5.74, 6) is 1.32. The smallest absolute Gasteiger partial charge is 0.235 e. The van der Waals surface area contributed by atoms with Crippen molar-refractivity contribution in [3.63, 3.8) is 0 Å². The van der Waals surface area contributed by atoms with Crippen molar-refractivity contribution in [2.24, 2.45) is 5.92 Å². The van der Waals surface area contributed by atoms with E-state index in [-0.39, 0.29) is 5.82 Å². The zero-order valence-corrected chi connectivity index (χ0v) is 8.85. The van der Waals surface area contributed by atoms with Gasteiger partial charge in [-0.15, -0.1) is 0 Å². The third-order valence-electron chi connectivity index (χ3n) is 2.87. The number of rotatable bonds is 4. The Bertz CT molecular complexity index is 337. The van der Waals surface area contributed by atoms with Gasteiger partial charge in [0.25, 0.3) is 0 Å². The summed E-state index contributed by atoms with van der Waals surface area (Å²) in [7, 11) is 0. The highest BCUT2D eigenvalue weighted by Crippen LogP contribution is 2.19. The molecule has 1 atom stereocenters. The van der Waals surface area contributed by atoms with Crippen LogP contribution < -0.4 is 0 Å². The van der Waals surface area contributed by atoms with Gasteiger partial charge in [0, 0.05) is 13.0 Å². The molecule has 0 spiro atoms. The van der Waals surface area contributed by atoms with Crippen molar-refractivity contribution in [1.82, 2.24) is 15.0 Å². The Morgan fingerprint density at radius 3 is 3.13 bits per heavy atom. The molecule has 1 aliphatic rings. The van der Waals surface area contributed by atoms with Gasteiger partial charge in [0.15, 0.2) is 6.29 Å². The van der Waals surface area contributed by atoms with Gasteiger partial charge in [0.1, 0.15) is 0 Å². The summed E-state index contributed by atoms with van der Waals surface area (Å²) in [6, 6.07) is 0. The molecule has 1 aromatic heterocycles. The van der Waals surface area contributed by atoms with Crippen LogP contribution in [0.5, 0.6) is 0 Å². The zero-order chi connectivity index (χ0) is 10.7. The lowest BCUT2D eigenvalue weighted by molar-refractivity contribution is 0.111. The van der Waals surface area contributed by atoms with Gasteiger partial charge in [0.2, 0.25) is 11.7 Å². The molecule has 0 aliphatic carbocycles. The number of nitrogens with zero attached hydrogens (tertiary/aromatic N) is 3. The van der Waals surface area contributed by atoms with Gasteiger partial charge >= 0.3 is 0 Å². The van der Waals surface area contributed by atoms with E-state index >= 15 is 0 Å². The maximum Gasteiger partial charge on any atom is 0.235 e. The summed E-state index contributed by atoms with van der Waals surface area (Å²) in [4.78, 5) is 16.7. The summed E-state index contributed by atoms with van der Waals surface area (Å²) < 4.78 is 4.98. The first kappa shape index (κ1) is 10.3. The molecule has 0 saturated carbocycles. The summed E-state index contributed by atoms with van der Waals surface area (Å²) >= 11 is 0. The standard InChI is InChI=1S/C10H15N3O2/c1-2-13-4-3-8(6-13)5-10-11-9(7-14)12-15-10/h7-8H,2-6H2,1H3. The van der Waals surface area contributed by atoms with Gasteiger partial charge in [0.05, 0.1) is 0 Å². The molecule has 1 unspecified atom stereocenters. The Balaban J connectivity index is 1.89. The van der Waals surface area contributed by atoms with E-state index in [0.717, 1.165) is 26.1 Å². The molecule has 1 aromatic rings. The maximum atomic E-state index is 10.4. The van der Waals surface area contributed by atoms with Crippen LogP contribution in [0.15, 0.2) is 4.52 Å². The average molecular weight is 209 g/mol. The van der Waals surface area contributed by atoms with Crippen LogP contribution in [0.25, 0.3) is 0 Å². The fraction of sp³-hybridized carbons (Fsp3) is 0.700. The molecule has 1 aliphatic heterocycles. The molecule has 5 heteroatoms. The number of aldehydes is 1. The second-order valence-electron chi connectivity index (χ2n) is 3.92. The number of likely N-dealkylation sites (tertiary alicyclic amines) is 1. The van der Waals surface area contributed by atoms with E-state index in [1.54, 1.807) is 0 Å². The minimum absolute atomic E-state index is 0.148. The van der Waals surface area contributed by atoms with Crippen LogP contribution in [-0.4, -0.2) is 41.0 Å². The van der Waals surface area contributed by atoms with E-state index in [1.807, 2.05) is 0 Å². The summed E-state index contributed by atoms with van der Waals surface area (Å²) in [6.45, 7) is 5.50. The topological polar surface area (TPSA) is 59.2 Å². The van der Waals surface area contributed by atoms with Crippen LogP contribution in [0.2, 0.25) is 0 Å². The van der Waals surface area contributed by atoms with Crippen molar-refractivity contribution in [2.75, 3.05) is 19.6 Å². The fourth-order valence-electron chi connectivity index (χ4n) is 2.01. The van der Waals surface area contributed by atoms with Crippen LogP contribution in [0.3, 0.4) is 0 Å². The van der Waals surface area contributed by atoms with E-state index in [0.29, 0.717) is 18.1 Å². The highest BCUT2D eigenvalue weighted by molar-refractivity contribution is 5.68. The minimum atomic E-state index is 0.148. The van der Waals surface area contributed by atoms with Crippen molar-refractivity contribution < 1.29 is 9.32 Å². The largest absolute Gasteiger partial charge is 0.339 e. The Morgan fingerprint density at radius 1 is 1.67 bits per heavy atom. The maximum absolute atomic E-state index is 10.4. The number of hydrogen-bond acceptors (Lipinski definition) is 5. The Hall–Kier alpha value is -1.23. The van der Waals surface area contributed by atoms with Crippen LogP contribution in [-0.2, 0) is 6.42 Å². The minimum Gasteiger partial charge on any atom is -0.339 e. The first-order chi connectivity index (χ1) is 7.31. The van der Waals surface area contributed by atoms with E-state index in [4.69, 9.17) is 4.52 Å². The van der Waals surface area contributed by atoms with E-state index in [1.165, 1.54) is 6.42 Å². The summed E-state index contributed by atoms with van der Waals surface area (Å²) in [5, 5.41) is 3.55. The van der Waals surface area contributed by atoms with Crippen LogP contribution in [0.1, 0.15) is 29.9 Å². The summed E-state index contributed by atoms with van der Waals surface area (Å²) in [5.41, 5.74) is 0. The quantitative estimate of drug-likeness (QED) is 0.685. The number of hydrogen-bond donors (Lipinski definition) is 0. The molecule has 1 fully saturated rings. The molecule has 0 amide bonds. The second-order valence-corrected chi connectivity index (χ2v) is 3.92. The van der Waals surface area contributed by atoms with Gasteiger partial charge in [-0.25, -0.2) is 0 Å².